The Labute approximate surface area is 123 Å². The van der Waals surface area contributed by atoms with Gasteiger partial charge in [0.05, 0.1) is 5.92 Å². The number of aromatic nitrogens is 2. The average Bonchev–Trinajstić information content (AvgIpc) is 3.06. The highest BCUT2D eigenvalue weighted by molar-refractivity contribution is 7.99. The fraction of sp³-hybridized carbons (Fsp3) is 0.467. The first-order valence-corrected chi connectivity index (χ1v) is 8.05. The molecule has 1 aromatic heterocycles. The molecule has 1 aliphatic rings. The predicted octanol–water partition coefficient (Wildman–Crippen LogP) is 2.39. The summed E-state index contributed by atoms with van der Waals surface area (Å²) in [4.78, 5) is 4.58. The average molecular weight is 289 g/mol. The first-order valence-electron chi connectivity index (χ1n) is 6.89. The molecule has 0 aliphatic carbocycles. The molecule has 5 heteroatoms. The van der Waals surface area contributed by atoms with Crippen LogP contribution in [-0.2, 0) is 6.42 Å². The molecular weight excluding hydrogens is 270 g/mol. The van der Waals surface area contributed by atoms with Gasteiger partial charge < -0.3 is 9.84 Å². The highest BCUT2D eigenvalue weighted by Gasteiger charge is 2.32. The van der Waals surface area contributed by atoms with E-state index in [1.54, 1.807) is 0 Å². The lowest BCUT2D eigenvalue weighted by molar-refractivity contribution is 0.341. The van der Waals surface area contributed by atoms with E-state index < -0.39 is 0 Å². The van der Waals surface area contributed by atoms with Crippen LogP contribution in [0.2, 0.25) is 0 Å². The van der Waals surface area contributed by atoms with Gasteiger partial charge in [0.2, 0.25) is 5.89 Å². The second kappa shape index (κ2) is 5.97. The highest BCUT2D eigenvalue weighted by atomic mass is 32.2. The van der Waals surface area contributed by atoms with E-state index in [-0.39, 0.29) is 0 Å². The Morgan fingerprint density at radius 3 is 3.10 bits per heavy atom. The van der Waals surface area contributed by atoms with Crippen LogP contribution in [0.4, 0.5) is 0 Å². The fourth-order valence-electron chi connectivity index (χ4n) is 2.58. The quantitative estimate of drug-likeness (QED) is 0.936. The van der Waals surface area contributed by atoms with Gasteiger partial charge in [-0.1, -0.05) is 35.0 Å². The van der Waals surface area contributed by atoms with Crippen LogP contribution in [0.25, 0.3) is 0 Å². The zero-order chi connectivity index (χ0) is 13.9. The van der Waals surface area contributed by atoms with Gasteiger partial charge in [-0.2, -0.15) is 16.7 Å². The molecule has 0 amide bonds. The van der Waals surface area contributed by atoms with Gasteiger partial charge in [-0.15, -0.1) is 0 Å². The second-order valence-corrected chi connectivity index (χ2v) is 6.33. The number of hydrogen-bond donors (Lipinski definition) is 1. The summed E-state index contributed by atoms with van der Waals surface area (Å²) in [6.45, 7) is 2.10. The van der Waals surface area contributed by atoms with E-state index in [0.717, 1.165) is 29.6 Å². The normalized spacial score (nSPS) is 22.3. The molecule has 0 saturated carbocycles. The van der Waals surface area contributed by atoms with Crippen molar-refractivity contribution in [2.45, 2.75) is 25.3 Å². The Kier molecular flexibility index (Phi) is 4.08. The van der Waals surface area contributed by atoms with Gasteiger partial charge in [-0.3, -0.25) is 0 Å². The Bertz CT molecular complexity index is 584. The summed E-state index contributed by atoms with van der Waals surface area (Å²) in [5.74, 6) is 4.05. The molecule has 2 unspecified atom stereocenters. The third kappa shape index (κ3) is 2.88. The van der Waals surface area contributed by atoms with Crippen LogP contribution in [0.1, 0.15) is 28.8 Å². The highest BCUT2D eigenvalue weighted by Crippen LogP contribution is 2.31. The van der Waals surface area contributed by atoms with E-state index in [9.17, 15) is 0 Å². The summed E-state index contributed by atoms with van der Waals surface area (Å²) in [5, 5.41) is 7.46. The lowest BCUT2D eigenvalue weighted by Crippen LogP contribution is -2.31. The van der Waals surface area contributed by atoms with Crippen LogP contribution in [-0.4, -0.2) is 34.7 Å². The molecule has 1 fully saturated rings. The van der Waals surface area contributed by atoms with E-state index >= 15 is 0 Å². The standard InChI is InChI=1S/C15H19N3OS/c1-10-4-3-5-11(6-10)7-14-17-15(19-18-14)12-8-20-9-13(12)16-2/h3-6,12-13,16H,7-9H2,1-2H3. The third-order valence-corrected chi connectivity index (χ3v) is 4.89. The van der Waals surface area contributed by atoms with Crippen molar-refractivity contribution < 1.29 is 4.52 Å². The van der Waals surface area contributed by atoms with Crippen molar-refractivity contribution in [1.82, 2.24) is 15.5 Å². The number of rotatable bonds is 4. The molecule has 4 nitrogen and oxygen atoms in total. The molecule has 0 bridgehead atoms. The fourth-order valence-corrected chi connectivity index (χ4v) is 3.99. The smallest absolute Gasteiger partial charge is 0.232 e. The number of benzene rings is 1. The largest absolute Gasteiger partial charge is 0.339 e. The van der Waals surface area contributed by atoms with E-state index in [0.29, 0.717) is 12.0 Å². The SMILES string of the molecule is CNC1CSCC1c1nc(Cc2cccc(C)c2)no1. The molecule has 3 rings (SSSR count). The molecule has 2 aromatic rings. The van der Waals surface area contributed by atoms with Crippen molar-refractivity contribution in [1.29, 1.82) is 0 Å². The zero-order valence-corrected chi connectivity index (χ0v) is 12.6. The van der Waals surface area contributed by atoms with Gasteiger partial charge in [-0.25, -0.2) is 0 Å². The summed E-state index contributed by atoms with van der Waals surface area (Å²) in [6, 6.07) is 8.87. The van der Waals surface area contributed by atoms with Crippen LogP contribution in [0.3, 0.4) is 0 Å². The molecule has 1 aromatic carbocycles. The van der Waals surface area contributed by atoms with Gasteiger partial charge in [0.15, 0.2) is 5.82 Å². The number of likely N-dealkylation sites (N-methyl/N-ethyl adjacent to an activating group) is 1. The molecule has 1 N–H and O–H groups in total. The number of hydrogen-bond acceptors (Lipinski definition) is 5. The van der Waals surface area contributed by atoms with Gasteiger partial charge in [0.25, 0.3) is 0 Å². The predicted molar refractivity (Wildman–Crippen MR) is 81.2 cm³/mol. The Morgan fingerprint density at radius 2 is 2.30 bits per heavy atom. The molecule has 2 atom stereocenters. The summed E-state index contributed by atoms with van der Waals surface area (Å²) in [7, 11) is 1.99. The van der Waals surface area contributed by atoms with Crippen LogP contribution in [0, 0.1) is 6.92 Å². The summed E-state index contributed by atoms with van der Waals surface area (Å²) in [6.07, 6.45) is 0.731. The minimum atomic E-state index is 0.337. The van der Waals surface area contributed by atoms with Crippen molar-refractivity contribution in [2.75, 3.05) is 18.6 Å². The minimum absolute atomic E-state index is 0.337. The lowest BCUT2D eigenvalue weighted by atomic mass is 10.0. The molecule has 0 radical (unpaired) electrons. The zero-order valence-electron chi connectivity index (χ0n) is 11.8. The maximum Gasteiger partial charge on any atom is 0.232 e. The van der Waals surface area contributed by atoms with Crippen molar-refractivity contribution in [3.63, 3.8) is 0 Å². The van der Waals surface area contributed by atoms with Crippen molar-refractivity contribution in [2.24, 2.45) is 0 Å². The summed E-state index contributed by atoms with van der Waals surface area (Å²) in [5.41, 5.74) is 2.48. The first-order chi connectivity index (χ1) is 9.76. The van der Waals surface area contributed by atoms with E-state index in [1.165, 1.54) is 11.1 Å². The van der Waals surface area contributed by atoms with E-state index in [4.69, 9.17) is 4.52 Å². The van der Waals surface area contributed by atoms with Crippen LogP contribution >= 0.6 is 11.8 Å². The van der Waals surface area contributed by atoms with Crippen molar-refractivity contribution >= 4 is 11.8 Å². The van der Waals surface area contributed by atoms with Gasteiger partial charge >= 0.3 is 0 Å². The van der Waals surface area contributed by atoms with Crippen LogP contribution in [0.15, 0.2) is 28.8 Å². The van der Waals surface area contributed by atoms with Gasteiger partial charge in [-0.05, 0) is 19.5 Å². The number of nitrogens with one attached hydrogen (secondary N) is 1. The molecule has 2 heterocycles. The van der Waals surface area contributed by atoms with Gasteiger partial charge in [0, 0.05) is 24.0 Å². The molecular formula is C15H19N3OS. The molecule has 1 saturated heterocycles. The van der Waals surface area contributed by atoms with Gasteiger partial charge in [0.1, 0.15) is 0 Å². The molecule has 1 aliphatic heterocycles. The number of aryl methyl sites for hydroxylation is 1. The first kappa shape index (κ1) is 13.6. The molecule has 106 valence electrons. The molecule has 0 spiro atoms. The summed E-state index contributed by atoms with van der Waals surface area (Å²) >= 11 is 1.93. The monoisotopic (exact) mass is 289 g/mol. The van der Waals surface area contributed by atoms with E-state index in [2.05, 4.69) is 46.6 Å². The number of thioether (sulfide) groups is 1. The summed E-state index contributed by atoms with van der Waals surface area (Å²) < 4.78 is 5.47. The Hall–Kier alpha value is -1.33. The Balaban J connectivity index is 1.73. The molecule has 20 heavy (non-hydrogen) atoms. The van der Waals surface area contributed by atoms with E-state index in [1.807, 2.05) is 18.8 Å². The van der Waals surface area contributed by atoms with Crippen LogP contribution < -0.4 is 5.32 Å². The lowest BCUT2D eigenvalue weighted by Gasteiger charge is -2.13. The third-order valence-electron chi connectivity index (χ3n) is 3.70. The Morgan fingerprint density at radius 1 is 1.40 bits per heavy atom. The number of nitrogens with zero attached hydrogens (tertiary/aromatic N) is 2. The second-order valence-electron chi connectivity index (χ2n) is 5.25. The maximum absolute atomic E-state index is 5.47. The van der Waals surface area contributed by atoms with Crippen LogP contribution in [0.5, 0.6) is 0 Å². The van der Waals surface area contributed by atoms with Crippen molar-refractivity contribution in [3.8, 4) is 0 Å². The van der Waals surface area contributed by atoms with Crippen molar-refractivity contribution in [3.05, 3.63) is 47.1 Å². The minimum Gasteiger partial charge on any atom is -0.339 e. The topological polar surface area (TPSA) is 51.0 Å². The maximum atomic E-state index is 5.47.